The van der Waals surface area contributed by atoms with Gasteiger partial charge in [-0.25, -0.2) is 19.6 Å². The topological polar surface area (TPSA) is 188 Å². The fourth-order valence-corrected chi connectivity index (χ4v) is 9.09. The van der Waals surface area contributed by atoms with Crippen LogP contribution in [0.25, 0.3) is 55.0 Å². The number of benzene rings is 4. The number of imidazole rings is 2. The summed E-state index contributed by atoms with van der Waals surface area (Å²) in [6.07, 6.45) is 6.90. The number of carbonyl (C=O) groups excluding carboxylic acids is 4. The SMILES string of the molecule is COC(=O)NC(C(=O)N1CCC[C@H]1c1nc(-c2ccc3cc(-c4ccc5c(ccc6nc([C@@H]7CCCN7C(=O)C(NC(=O)OC)C(C)C)[nH]c65)c4)ccc3c2)c[nH]1)c1cccnc1. The molecule has 2 saturated heterocycles. The highest BCUT2D eigenvalue weighted by Gasteiger charge is 2.39. The van der Waals surface area contributed by atoms with E-state index >= 15 is 0 Å². The average molecular weight is 848 g/mol. The molecule has 5 heterocycles. The number of hydrogen-bond acceptors (Lipinski definition) is 9. The fraction of sp³-hybridized carbons (Fsp3) is 0.312. The number of carbonyl (C=O) groups is 4. The number of alkyl carbamates (subject to hydrolysis) is 2. The van der Waals surface area contributed by atoms with Crippen molar-refractivity contribution < 1.29 is 28.7 Å². The maximum atomic E-state index is 13.9. The van der Waals surface area contributed by atoms with Gasteiger partial charge in [-0.2, -0.15) is 0 Å². The lowest BCUT2D eigenvalue weighted by atomic mass is 9.97. The molecule has 3 aromatic heterocycles. The lowest BCUT2D eigenvalue weighted by molar-refractivity contribution is -0.135. The first-order chi connectivity index (χ1) is 30.6. The molecule has 0 spiro atoms. The van der Waals surface area contributed by atoms with Gasteiger partial charge in [-0.05, 0) is 89.2 Å². The first-order valence-corrected chi connectivity index (χ1v) is 21.3. The third kappa shape index (κ3) is 8.02. The van der Waals surface area contributed by atoms with Crippen LogP contribution < -0.4 is 10.6 Å². The van der Waals surface area contributed by atoms with Gasteiger partial charge in [0.1, 0.15) is 23.7 Å². The quantitative estimate of drug-likeness (QED) is 0.105. The maximum absolute atomic E-state index is 13.9. The highest BCUT2D eigenvalue weighted by Crippen LogP contribution is 2.37. The van der Waals surface area contributed by atoms with Gasteiger partial charge in [0.15, 0.2) is 0 Å². The van der Waals surface area contributed by atoms with Crippen LogP contribution in [0.15, 0.2) is 97.5 Å². The van der Waals surface area contributed by atoms with Crippen molar-refractivity contribution in [3.8, 4) is 22.4 Å². The van der Waals surface area contributed by atoms with E-state index in [9.17, 15) is 19.2 Å². The zero-order valence-electron chi connectivity index (χ0n) is 35.6. The number of likely N-dealkylation sites (tertiary alicyclic amines) is 2. The number of nitrogens with zero attached hydrogens (tertiary/aromatic N) is 5. The van der Waals surface area contributed by atoms with Gasteiger partial charge in [0.05, 0.1) is 43.0 Å². The summed E-state index contributed by atoms with van der Waals surface area (Å²) in [5.74, 6) is 0.924. The van der Waals surface area contributed by atoms with Crippen molar-refractivity contribution in [2.45, 2.75) is 63.7 Å². The van der Waals surface area contributed by atoms with Crippen molar-refractivity contribution in [2.24, 2.45) is 5.92 Å². The van der Waals surface area contributed by atoms with Crippen molar-refractivity contribution in [3.63, 3.8) is 0 Å². The summed E-state index contributed by atoms with van der Waals surface area (Å²) in [5, 5.41) is 9.67. The van der Waals surface area contributed by atoms with Gasteiger partial charge in [-0.1, -0.05) is 62.4 Å². The minimum absolute atomic E-state index is 0.115. The lowest BCUT2D eigenvalue weighted by Crippen LogP contribution is -2.51. The number of rotatable bonds is 10. The van der Waals surface area contributed by atoms with Crippen molar-refractivity contribution in [1.82, 2.24) is 45.4 Å². The minimum atomic E-state index is -0.946. The Kier molecular flexibility index (Phi) is 11.2. The Balaban J connectivity index is 0.924. The summed E-state index contributed by atoms with van der Waals surface area (Å²) in [5.41, 5.74) is 6.22. The van der Waals surface area contributed by atoms with Gasteiger partial charge in [0.25, 0.3) is 5.91 Å². The van der Waals surface area contributed by atoms with Gasteiger partial charge >= 0.3 is 12.2 Å². The molecule has 0 radical (unpaired) electrons. The molecule has 0 bridgehead atoms. The lowest BCUT2D eigenvalue weighted by Gasteiger charge is -2.29. The molecular formula is C48H49N9O6. The standard InChI is InChI=1S/C48H49N9O6/c1-27(2)40(54-47(60)62-3)45(58)57-21-7-10-39(57)44-51-36-18-16-32-23-31(15-17-35(32)42(36)53-44)28-11-12-30-24-33(14-13-29(30)22-28)37-26-50-43(52-37)38-9-6-20-56(38)46(59)41(55-48(61)63-4)34-8-5-19-49-25-34/h5,8,11-19,22-27,38-41H,6-7,9-10,20-21H2,1-4H3,(H,50,52)(H,51,53)(H,54,60)(H,55,61)/t38-,39-,40?,41?/m0/s1. The average Bonchev–Trinajstić information content (AvgIpc) is 4.16. The van der Waals surface area contributed by atoms with Crippen molar-refractivity contribution >= 4 is 56.6 Å². The molecule has 2 fully saturated rings. The molecule has 322 valence electrons. The molecule has 4 N–H and O–H groups in total. The number of amides is 4. The normalized spacial score (nSPS) is 17.3. The van der Waals surface area contributed by atoms with Crippen LogP contribution in [0.5, 0.6) is 0 Å². The van der Waals surface area contributed by atoms with Gasteiger partial charge in [-0.3, -0.25) is 14.6 Å². The molecular weight excluding hydrogens is 799 g/mol. The third-order valence-corrected chi connectivity index (χ3v) is 12.4. The van der Waals surface area contributed by atoms with E-state index in [2.05, 4.69) is 86.2 Å². The number of ether oxygens (including phenoxy) is 2. The predicted octanol–water partition coefficient (Wildman–Crippen LogP) is 8.13. The molecule has 2 aliphatic heterocycles. The second kappa shape index (κ2) is 17.2. The van der Waals surface area contributed by atoms with E-state index in [1.807, 2.05) is 31.0 Å². The fourth-order valence-electron chi connectivity index (χ4n) is 9.09. The van der Waals surface area contributed by atoms with Crippen LogP contribution in [0.3, 0.4) is 0 Å². The van der Waals surface area contributed by atoms with E-state index in [-0.39, 0.29) is 29.8 Å². The van der Waals surface area contributed by atoms with Gasteiger partial charge < -0.3 is 39.9 Å². The number of fused-ring (bicyclic) bond motifs is 4. The first-order valence-electron chi connectivity index (χ1n) is 21.3. The number of aromatic nitrogens is 5. The van der Waals surface area contributed by atoms with Crippen LogP contribution in [0.4, 0.5) is 9.59 Å². The number of aromatic amines is 2. The Bertz CT molecular complexity index is 2860. The molecule has 4 amide bonds. The van der Waals surface area contributed by atoms with E-state index in [4.69, 9.17) is 19.4 Å². The molecule has 4 atom stereocenters. The summed E-state index contributed by atoms with van der Waals surface area (Å²) in [7, 11) is 2.56. The van der Waals surface area contributed by atoms with Crippen molar-refractivity contribution in [2.75, 3.05) is 27.3 Å². The second-order valence-electron chi connectivity index (χ2n) is 16.6. The number of methoxy groups -OCH3 is 2. The highest BCUT2D eigenvalue weighted by atomic mass is 16.5. The number of H-pyrrole nitrogens is 2. The molecule has 15 nitrogen and oxygen atoms in total. The summed E-state index contributed by atoms with van der Waals surface area (Å²) in [6, 6.07) is 24.6. The van der Waals surface area contributed by atoms with Crippen molar-refractivity contribution in [1.29, 1.82) is 0 Å². The number of nitrogens with one attached hydrogen (secondary N) is 4. The Hall–Kier alpha value is -7.29. The summed E-state index contributed by atoms with van der Waals surface area (Å²) in [4.78, 5) is 76.6. The van der Waals surface area contributed by atoms with Gasteiger partial charge in [0, 0.05) is 48.2 Å². The van der Waals surface area contributed by atoms with Crippen LogP contribution in [0.2, 0.25) is 0 Å². The Morgan fingerprint density at radius 1 is 0.730 bits per heavy atom. The van der Waals surface area contributed by atoms with E-state index in [1.165, 1.54) is 14.2 Å². The molecule has 2 unspecified atom stereocenters. The maximum Gasteiger partial charge on any atom is 0.407 e. The van der Waals surface area contributed by atoms with E-state index < -0.39 is 24.3 Å². The minimum Gasteiger partial charge on any atom is -0.453 e. The highest BCUT2D eigenvalue weighted by molar-refractivity contribution is 6.06. The van der Waals surface area contributed by atoms with E-state index in [1.54, 1.807) is 29.4 Å². The van der Waals surface area contributed by atoms with Crippen LogP contribution in [0.1, 0.15) is 74.9 Å². The summed E-state index contributed by atoms with van der Waals surface area (Å²) in [6.45, 7) is 4.94. The second-order valence-corrected chi connectivity index (χ2v) is 16.6. The van der Waals surface area contributed by atoms with Crippen LogP contribution in [0, 0.1) is 5.92 Å². The number of hydrogen-bond donors (Lipinski definition) is 4. The molecule has 63 heavy (non-hydrogen) atoms. The summed E-state index contributed by atoms with van der Waals surface area (Å²) < 4.78 is 9.62. The number of pyridine rings is 1. The molecule has 7 aromatic rings. The first kappa shape index (κ1) is 41.1. The van der Waals surface area contributed by atoms with Crippen LogP contribution in [-0.2, 0) is 19.1 Å². The molecule has 9 rings (SSSR count). The Morgan fingerprint density at radius 2 is 1.37 bits per heavy atom. The molecule has 0 aliphatic carbocycles. The zero-order valence-corrected chi connectivity index (χ0v) is 35.6. The zero-order chi connectivity index (χ0) is 43.8. The van der Waals surface area contributed by atoms with Crippen LogP contribution >= 0.6 is 0 Å². The van der Waals surface area contributed by atoms with Gasteiger partial charge in [-0.15, -0.1) is 0 Å². The Morgan fingerprint density at radius 3 is 2.06 bits per heavy atom. The molecule has 2 aliphatic rings. The summed E-state index contributed by atoms with van der Waals surface area (Å²) >= 11 is 0. The van der Waals surface area contributed by atoms with Gasteiger partial charge in [0.2, 0.25) is 5.91 Å². The smallest absolute Gasteiger partial charge is 0.407 e. The molecule has 15 heteroatoms. The molecule has 0 saturated carbocycles. The van der Waals surface area contributed by atoms with Crippen LogP contribution in [-0.4, -0.2) is 92.1 Å². The van der Waals surface area contributed by atoms with Crippen molar-refractivity contribution in [3.05, 3.63) is 115 Å². The Labute approximate surface area is 363 Å². The molecule has 4 aromatic carbocycles. The third-order valence-electron chi connectivity index (χ3n) is 12.4. The predicted molar refractivity (Wildman–Crippen MR) is 238 cm³/mol. The van der Waals surface area contributed by atoms with E-state index in [0.29, 0.717) is 24.5 Å². The largest absolute Gasteiger partial charge is 0.453 e. The van der Waals surface area contributed by atoms with E-state index in [0.717, 1.165) is 86.5 Å². The monoisotopic (exact) mass is 847 g/mol.